The van der Waals surface area contributed by atoms with E-state index in [1.807, 2.05) is 6.92 Å². The van der Waals surface area contributed by atoms with Gasteiger partial charge in [0.15, 0.2) is 6.79 Å². The van der Waals surface area contributed by atoms with Gasteiger partial charge in [-0.2, -0.15) is 0 Å². The van der Waals surface area contributed by atoms with Crippen molar-refractivity contribution in [1.29, 1.82) is 0 Å². The van der Waals surface area contributed by atoms with Gasteiger partial charge >= 0.3 is 0 Å². The summed E-state index contributed by atoms with van der Waals surface area (Å²) in [6.45, 7) is 8.25. The van der Waals surface area contributed by atoms with Crippen molar-refractivity contribution in [2.24, 2.45) is 0 Å². The molecule has 0 rings (SSSR count). The minimum absolute atomic E-state index is 0.325. The molecule has 0 saturated heterocycles. The molecule has 0 bridgehead atoms. The Bertz CT molecular complexity index is 68.9. The van der Waals surface area contributed by atoms with Crippen molar-refractivity contribution in [2.75, 3.05) is 13.4 Å². The molecular weight excluding hydrogens is 104 g/mol. The highest BCUT2D eigenvalue weighted by Gasteiger charge is 1.81. The van der Waals surface area contributed by atoms with Gasteiger partial charge in [0.05, 0.1) is 5.76 Å². The molecule has 0 aliphatic heterocycles. The van der Waals surface area contributed by atoms with Crippen molar-refractivity contribution in [2.45, 2.75) is 13.8 Å². The van der Waals surface area contributed by atoms with E-state index in [0.717, 1.165) is 0 Å². The van der Waals surface area contributed by atoms with Crippen LogP contribution < -0.4 is 0 Å². The average Bonchev–Trinajstić information content (AvgIpc) is 1.66. The van der Waals surface area contributed by atoms with E-state index in [1.54, 1.807) is 6.92 Å². The maximum atomic E-state index is 4.87. The first-order valence-electron chi connectivity index (χ1n) is 2.63. The second-order valence-corrected chi connectivity index (χ2v) is 1.46. The van der Waals surface area contributed by atoms with Crippen LogP contribution in [0.25, 0.3) is 0 Å². The number of hydrogen-bond donors (Lipinski definition) is 0. The van der Waals surface area contributed by atoms with E-state index in [4.69, 9.17) is 9.47 Å². The van der Waals surface area contributed by atoms with Gasteiger partial charge in [-0.25, -0.2) is 0 Å². The predicted octanol–water partition coefficient (Wildman–Crippen LogP) is 1.53. The van der Waals surface area contributed by atoms with Gasteiger partial charge in [0.25, 0.3) is 0 Å². The molecule has 0 amide bonds. The lowest BCUT2D eigenvalue weighted by molar-refractivity contribution is -0.0164. The van der Waals surface area contributed by atoms with Crippen molar-refractivity contribution in [1.82, 2.24) is 0 Å². The highest BCUT2D eigenvalue weighted by Crippen LogP contribution is 1.88. The minimum atomic E-state index is 0.325. The summed E-state index contributed by atoms with van der Waals surface area (Å²) in [6.07, 6.45) is 0. The molecule has 0 aliphatic rings. The van der Waals surface area contributed by atoms with E-state index in [0.29, 0.717) is 19.2 Å². The largest absolute Gasteiger partial charge is 0.473 e. The molecule has 2 nitrogen and oxygen atoms in total. The standard InChI is InChI=1S/C6H12O2/c1-4-7-5-8-6(2)3/h2,4-5H2,1,3H3. The lowest BCUT2D eigenvalue weighted by atomic mass is 10.7. The highest BCUT2D eigenvalue weighted by atomic mass is 16.7. The second kappa shape index (κ2) is 4.65. The first-order chi connectivity index (χ1) is 3.77. The Morgan fingerprint density at radius 2 is 2.25 bits per heavy atom. The van der Waals surface area contributed by atoms with Gasteiger partial charge in [0, 0.05) is 6.61 Å². The second-order valence-electron chi connectivity index (χ2n) is 1.46. The van der Waals surface area contributed by atoms with Crippen LogP contribution in [-0.2, 0) is 9.47 Å². The van der Waals surface area contributed by atoms with Crippen molar-refractivity contribution in [3.63, 3.8) is 0 Å². The zero-order chi connectivity index (χ0) is 6.41. The molecule has 0 aromatic heterocycles. The van der Waals surface area contributed by atoms with E-state index in [9.17, 15) is 0 Å². The molecule has 0 aromatic carbocycles. The van der Waals surface area contributed by atoms with E-state index in [1.165, 1.54) is 0 Å². The maximum absolute atomic E-state index is 4.87. The fourth-order valence-electron chi connectivity index (χ4n) is 0.226. The minimum Gasteiger partial charge on any atom is -0.473 e. The van der Waals surface area contributed by atoms with Crippen LogP contribution in [-0.4, -0.2) is 13.4 Å². The van der Waals surface area contributed by atoms with Crippen LogP contribution in [0.5, 0.6) is 0 Å². The Morgan fingerprint density at radius 1 is 1.62 bits per heavy atom. The normalized spacial score (nSPS) is 8.75. The molecule has 0 unspecified atom stereocenters. The van der Waals surface area contributed by atoms with Crippen LogP contribution >= 0.6 is 0 Å². The zero-order valence-electron chi connectivity index (χ0n) is 5.44. The lowest BCUT2D eigenvalue weighted by Crippen LogP contribution is -1.96. The average molecular weight is 116 g/mol. The quantitative estimate of drug-likeness (QED) is 0.315. The highest BCUT2D eigenvalue weighted by molar-refractivity contribution is 4.72. The third kappa shape index (κ3) is 5.50. The monoisotopic (exact) mass is 116 g/mol. The predicted molar refractivity (Wildman–Crippen MR) is 32.4 cm³/mol. The summed E-state index contributed by atoms with van der Waals surface area (Å²) in [5.74, 6) is 0.693. The van der Waals surface area contributed by atoms with Crippen LogP contribution in [0.4, 0.5) is 0 Å². The maximum Gasteiger partial charge on any atom is 0.188 e. The van der Waals surface area contributed by atoms with Crippen molar-refractivity contribution < 1.29 is 9.47 Å². The zero-order valence-corrected chi connectivity index (χ0v) is 5.44. The van der Waals surface area contributed by atoms with Crippen LogP contribution in [0.15, 0.2) is 12.3 Å². The molecule has 8 heavy (non-hydrogen) atoms. The van der Waals surface area contributed by atoms with Crippen LogP contribution in [0.3, 0.4) is 0 Å². The summed E-state index contributed by atoms with van der Waals surface area (Å²) < 4.78 is 9.73. The van der Waals surface area contributed by atoms with E-state index >= 15 is 0 Å². The van der Waals surface area contributed by atoms with Gasteiger partial charge < -0.3 is 9.47 Å². The summed E-state index contributed by atoms with van der Waals surface area (Å²) in [7, 11) is 0. The smallest absolute Gasteiger partial charge is 0.188 e. The molecule has 0 aromatic rings. The van der Waals surface area contributed by atoms with Crippen LogP contribution in [0, 0.1) is 0 Å². The van der Waals surface area contributed by atoms with Gasteiger partial charge in [0.2, 0.25) is 0 Å². The molecule has 0 aliphatic carbocycles. The summed E-state index contributed by atoms with van der Waals surface area (Å²) in [5.41, 5.74) is 0. The van der Waals surface area contributed by atoms with Crippen LogP contribution in [0.2, 0.25) is 0 Å². The van der Waals surface area contributed by atoms with Crippen molar-refractivity contribution in [3.05, 3.63) is 12.3 Å². The van der Waals surface area contributed by atoms with Gasteiger partial charge in [-0.1, -0.05) is 6.58 Å². The molecule has 2 heteroatoms. The first kappa shape index (κ1) is 7.50. The fraction of sp³-hybridized carbons (Fsp3) is 0.667. The van der Waals surface area contributed by atoms with E-state index in [2.05, 4.69) is 6.58 Å². The summed E-state index contributed by atoms with van der Waals surface area (Å²) >= 11 is 0. The van der Waals surface area contributed by atoms with Gasteiger partial charge in [-0.05, 0) is 13.8 Å². The number of allylic oxidation sites excluding steroid dienone is 1. The first-order valence-corrected chi connectivity index (χ1v) is 2.63. The molecule has 0 spiro atoms. The Balaban J connectivity index is 2.82. The molecule has 0 fully saturated rings. The topological polar surface area (TPSA) is 18.5 Å². The van der Waals surface area contributed by atoms with Gasteiger partial charge in [-0.3, -0.25) is 0 Å². The lowest BCUT2D eigenvalue weighted by Gasteiger charge is -2.02. The Hall–Kier alpha value is -0.500. The third-order valence-electron chi connectivity index (χ3n) is 0.593. The summed E-state index contributed by atoms with van der Waals surface area (Å²) in [4.78, 5) is 0. The molecule has 0 radical (unpaired) electrons. The number of ether oxygens (including phenoxy) is 2. The molecular formula is C6H12O2. The molecule has 0 atom stereocenters. The van der Waals surface area contributed by atoms with E-state index in [-0.39, 0.29) is 0 Å². The Labute approximate surface area is 50.1 Å². The summed E-state index contributed by atoms with van der Waals surface area (Å²) in [6, 6.07) is 0. The molecule has 0 heterocycles. The SMILES string of the molecule is C=C(C)OCOCC. The van der Waals surface area contributed by atoms with Crippen molar-refractivity contribution >= 4 is 0 Å². The van der Waals surface area contributed by atoms with Crippen LogP contribution in [0.1, 0.15) is 13.8 Å². The molecule has 48 valence electrons. The van der Waals surface area contributed by atoms with Gasteiger partial charge in [0.1, 0.15) is 0 Å². The molecule has 0 saturated carbocycles. The number of rotatable bonds is 4. The molecule has 0 N–H and O–H groups in total. The van der Waals surface area contributed by atoms with E-state index < -0.39 is 0 Å². The summed E-state index contributed by atoms with van der Waals surface area (Å²) in [5, 5.41) is 0. The fourth-order valence-corrected chi connectivity index (χ4v) is 0.226. The Kier molecular flexibility index (Phi) is 4.36. The van der Waals surface area contributed by atoms with Crippen molar-refractivity contribution in [3.8, 4) is 0 Å². The number of hydrogen-bond acceptors (Lipinski definition) is 2. The Morgan fingerprint density at radius 3 is 2.62 bits per heavy atom. The third-order valence-corrected chi connectivity index (χ3v) is 0.593. The van der Waals surface area contributed by atoms with Gasteiger partial charge in [-0.15, -0.1) is 0 Å².